The van der Waals surface area contributed by atoms with Gasteiger partial charge < -0.3 is 0 Å². The molecule has 0 heterocycles. The van der Waals surface area contributed by atoms with Gasteiger partial charge in [0.1, 0.15) is 0 Å². The summed E-state index contributed by atoms with van der Waals surface area (Å²) in [4.78, 5) is 12.6. The molecule has 0 aliphatic heterocycles. The van der Waals surface area contributed by atoms with Crippen LogP contribution in [0, 0.1) is 5.41 Å². The van der Waals surface area contributed by atoms with Crippen LogP contribution in [0.1, 0.15) is 74.7 Å². The lowest BCUT2D eigenvalue weighted by molar-refractivity contribution is 0.0991. The Labute approximate surface area is 122 Å². The molecule has 0 amide bonds. The lowest BCUT2D eigenvalue weighted by Crippen LogP contribution is -2.23. The van der Waals surface area contributed by atoms with E-state index in [-0.39, 0.29) is 5.41 Å². The minimum absolute atomic E-state index is 0.165. The Hall–Kier alpha value is -1.37. The van der Waals surface area contributed by atoms with E-state index in [0.29, 0.717) is 18.1 Å². The first-order chi connectivity index (χ1) is 9.48. The Bertz CT molecular complexity index is 572. The van der Waals surface area contributed by atoms with E-state index >= 15 is 0 Å². The third-order valence-electron chi connectivity index (χ3n) is 4.79. The molecule has 2 aliphatic carbocycles. The molecular formula is C19H24O. The summed E-state index contributed by atoms with van der Waals surface area (Å²) in [6.45, 7) is 6.93. The van der Waals surface area contributed by atoms with Crippen molar-refractivity contribution >= 4 is 5.78 Å². The third kappa shape index (κ3) is 2.24. The first-order valence-corrected chi connectivity index (χ1v) is 7.81. The van der Waals surface area contributed by atoms with Gasteiger partial charge >= 0.3 is 0 Å². The van der Waals surface area contributed by atoms with Crippen LogP contribution in [0.2, 0.25) is 0 Å². The molecule has 0 bridgehead atoms. The first-order valence-electron chi connectivity index (χ1n) is 7.81. The third-order valence-corrected chi connectivity index (χ3v) is 4.79. The highest BCUT2D eigenvalue weighted by Gasteiger charge is 2.36. The summed E-state index contributed by atoms with van der Waals surface area (Å²) in [7, 11) is 0. The van der Waals surface area contributed by atoms with Crippen molar-refractivity contribution in [1.82, 2.24) is 0 Å². The lowest BCUT2D eigenvalue weighted by atomic mass is 9.68. The zero-order valence-corrected chi connectivity index (χ0v) is 12.8. The van der Waals surface area contributed by atoms with E-state index in [2.05, 4.69) is 32.9 Å². The largest absolute Gasteiger partial charge is 0.294 e. The lowest BCUT2D eigenvalue weighted by Gasteiger charge is -2.36. The number of hydrogen-bond acceptors (Lipinski definition) is 1. The predicted molar refractivity (Wildman–Crippen MR) is 83.1 cm³/mol. The van der Waals surface area contributed by atoms with Gasteiger partial charge in [0.05, 0.1) is 0 Å². The first kappa shape index (κ1) is 13.6. The summed E-state index contributed by atoms with van der Waals surface area (Å²) in [6.07, 6.45) is 5.49. The second-order valence-electron chi connectivity index (χ2n) is 7.32. The van der Waals surface area contributed by atoms with Crippen molar-refractivity contribution in [1.29, 1.82) is 0 Å². The quantitative estimate of drug-likeness (QED) is 0.585. The van der Waals surface area contributed by atoms with Gasteiger partial charge in [-0.05, 0) is 36.7 Å². The number of rotatable bonds is 0. The highest BCUT2D eigenvalue weighted by molar-refractivity contribution is 6.00. The summed E-state index contributed by atoms with van der Waals surface area (Å²) in [5.74, 6) is 0.724. The summed E-state index contributed by atoms with van der Waals surface area (Å²) >= 11 is 0. The Morgan fingerprint density at radius 2 is 1.75 bits per heavy atom. The zero-order chi connectivity index (χ0) is 14.3. The van der Waals surface area contributed by atoms with E-state index in [4.69, 9.17) is 0 Å². The fraction of sp³-hybridized carbons (Fsp3) is 0.526. The molecule has 106 valence electrons. The Morgan fingerprint density at radius 1 is 1.05 bits per heavy atom. The molecule has 1 atom stereocenters. The van der Waals surface area contributed by atoms with E-state index in [1.54, 1.807) is 5.57 Å². The van der Waals surface area contributed by atoms with Crippen LogP contribution in [-0.4, -0.2) is 5.78 Å². The van der Waals surface area contributed by atoms with Gasteiger partial charge in [-0.2, -0.15) is 0 Å². The molecule has 0 radical (unpaired) electrons. The van der Waals surface area contributed by atoms with Crippen molar-refractivity contribution in [2.45, 2.75) is 58.8 Å². The SMILES string of the molecule is CC(C)(C)C1C2=C(CCCC2)CC(=O)c2ccccc21. The van der Waals surface area contributed by atoms with Crippen molar-refractivity contribution in [3.63, 3.8) is 0 Å². The van der Waals surface area contributed by atoms with E-state index < -0.39 is 0 Å². The van der Waals surface area contributed by atoms with Crippen molar-refractivity contribution < 1.29 is 4.79 Å². The minimum Gasteiger partial charge on any atom is -0.294 e. The molecule has 1 nitrogen and oxygen atoms in total. The van der Waals surface area contributed by atoms with Gasteiger partial charge in [0.15, 0.2) is 5.78 Å². The maximum atomic E-state index is 12.6. The normalized spacial score (nSPS) is 23.1. The van der Waals surface area contributed by atoms with Crippen LogP contribution in [-0.2, 0) is 0 Å². The smallest absolute Gasteiger partial charge is 0.167 e. The van der Waals surface area contributed by atoms with Crippen LogP contribution < -0.4 is 0 Å². The van der Waals surface area contributed by atoms with Gasteiger partial charge in [-0.3, -0.25) is 4.79 Å². The predicted octanol–water partition coefficient (Wildman–Crippen LogP) is 5.27. The molecule has 2 aliphatic rings. The van der Waals surface area contributed by atoms with E-state index in [9.17, 15) is 4.79 Å². The molecule has 20 heavy (non-hydrogen) atoms. The molecule has 0 aromatic heterocycles. The molecule has 0 N–H and O–H groups in total. The molecule has 0 saturated heterocycles. The standard InChI is InChI=1S/C19H24O/c1-19(2,3)18-14-9-5-4-8-13(14)12-17(20)15-10-6-7-11-16(15)18/h6-7,10-11,18H,4-5,8-9,12H2,1-3H3. The summed E-state index contributed by atoms with van der Waals surface area (Å²) < 4.78 is 0. The van der Waals surface area contributed by atoms with Gasteiger partial charge in [-0.25, -0.2) is 0 Å². The van der Waals surface area contributed by atoms with Gasteiger partial charge in [0, 0.05) is 17.9 Å². The number of hydrogen-bond donors (Lipinski definition) is 0. The molecule has 0 saturated carbocycles. The Morgan fingerprint density at radius 3 is 2.50 bits per heavy atom. The fourth-order valence-corrected chi connectivity index (χ4v) is 4.01. The van der Waals surface area contributed by atoms with Crippen LogP contribution in [0.25, 0.3) is 0 Å². The zero-order valence-electron chi connectivity index (χ0n) is 12.8. The molecule has 3 rings (SSSR count). The van der Waals surface area contributed by atoms with Crippen LogP contribution >= 0.6 is 0 Å². The van der Waals surface area contributed by atoms with E-state index in [1.807, 2.05) is 12.1 Å². The Balaban J connectivity index is 2.23. The van der Waals surface area contributed by atoms with Crippen LogP contribution in [0.3, 0.4) is 0 Å². The van der Waals surface area contributed by atoms with Crippen LogP contribution in [0.4, 0.5) is 0 Å². The van der Waals surface area contributed by atoms with Crippen LogP contribution in [0.15, 0.2) is 35.4 Å². The van der Waals surface area contributed by atoms with Gasteiger partial charge in [0.2, 0.25) is 0 Å². The molecule has 1 unspecified atom stereocenters. The number of allylic oxidation sites excluding steroid dienone is 2. The van der Waals surface area contributed by atoms with Crippen molar-refractivity contribution in [3.05, 3.63) is 46.5 Å². The number of carbonyl (C=O) groups is 1. The van der Waals surface area contributed by atoms with Crippen LogP contribution in [0.5, 0.6) is 0 Å². The molecule has 1 heteroatoms. The monoisotopic (exact) mass is 268 g/mol. The maximum Gasteiger partial charge on any atom is 0.167 e. The van der Waals surface area contributed by atoms with E-state index in [0.717, 1.165) is 12.0 Å². The van der Waals surface area contributed by atoms with Crippen molar-refractivity contribution in [2.24, 2.45) is 5.41 Å². The average Bonchev–Trinajstić information content (AvgIpc) is 2.52. The minimum atomic E-state index is 0.165. The summed E-state index contributed by atoms with van der Waals surface area (Å²) in [5, 5.41) is 0. The van der Waals surface area contributed by atoms with Crippen molar-refractivity contribution in [2.75, 3.05) is 0 Å². The molecular weight excluding hydrogens is 244 g/mol. The number of ketones is 1. The topological polar surface area (TPSA) is 17.1 Å². The molecule has 1 aromatic rings. The molecule has 0 spiro atoms. The van der Waals surface area contributed by atoms with Gasteiger partial charge in [0.25, 0.3) is 0 Å². The number of Topliss-reactive ketones (excluding diaryl/α,β-unsaturated/α-hetero) is 1. The highest BCUT2D eigenvalue weighted by atomic mass is 16.1. The van der Waals surface area contributed by atoms with Crippen molar-refractivity contribution in [3.8, 4) is 0 Å². The molecule has 0 fully saturated rings. The highest BCUT2D eigenvalue weighted by Crippen LogP contribution is 2.49. The summed E-state index contributed by atoms with van der Waals surface area (Å²) in [5.41, 5.74) is 5.40. The second kappa shape index (κ2) is 4.87. The number of benzene rings is 1. The van der Waals surface area contributed by atoms with Gasteiger partial charge in [-0.15, -0.1) is 0 Å². The van der Waals surface area contributed by atoms with Gasteiger partial charge in [-0.1, -0.05) is 56.2 Å². The average molecular weight is 268 g/mol. The fourth-order valence-electron chi connectivity index (χ4n) is 4.01. The summed E-state index contributed by atoms with van der Waals surface area (Å²) in [6, 6.07) is 8.28. The Kier molecular flexibility index (Phi) is 3.32. The van der Waals surface area contributed by atoms with E-state index in [1.165, 1.54) is 30.4 Å². The maximum absolute atomic E-state index is 12.6. The number of fused-ring (bicyclic) bond motifs is 1. The number of carbonyl (C=O) groups excluding carboxylic acids is 1. The second-order valence-corrected chi connectivity index (χ2v) is 7.32. The molecule has 1 aromatic carbocycles.